The molecule has 2 rings (SSSR count). The van der Waals surface area contributed by atoms with Crippen LogP contribution in [0, 0.1) is 0 Å². The van der Waals surface area contributed by atoms with E-state index in [2.05, 4.69) is 14.7 Å². The van der Waals surface area contributed by atoms with E-state index in [0.717, 1.165) is 5.82 Å². The van der Waals surface area contributed by atoms with E-state index in [0.29, 0.717) is 24.3 Å². The first-order chi connectivity index (χ1) is 9.13. The van der Waals surface area contributed by atoms with Gasteiger partial charge in [0, 0.05) is 30.2 Å². The molecule has 19 heavy (non-hydrogen) atoms. The summed E-state index contributed by atoms with van der Waals surface area (Å²) in [5, 5.41) is 10.7. The van der Waals surface area contributed by atoms with Crippen LogP contribution in [0.3, 0.4) is 0 Å². The van der Waals surface area contributed by atoms with E-state index in [9.17, 15) is 8.42 Å². The fourth-order valence-corrected chi connectivity index (χ4v) is 4.03. The molecule has 2 aromatic heterocycles. The smallest absolute Gasteiger partial charge is 0.241 e. The summed E-state index contributed by atoms with van der Waals surface area (Å²) < 4.78 is 26.5. The molecular formula is C11H15N3O3S2. The van der Waals surface area contributed by atoms with E-state index in [1.54, 1.807) is 17.8 Å². The number of hydrogen-bond acceptors (Lipinski definition) is 5. The van der Waals surface area contributed by atoms with E-state index in [1.165, 1.54) is 17.4 Å². The number of rotatable bonds is 7. The molecule has 0 fully saturated rings. The highest BCUT2D eigenvalue weighted by Gasteiger charge is 2.18. The topological polar surface area (TPSA) is 95.1 Å². The lowest BCUT2D eigenvalue weighted by Crippen LogP contribution is -2.25. The number of aliphatic hydroxyl groups is 1. The average Bonchev–Trinajstić information content (AvgIpc) is 3.05. The van der Waals surface area contributed by atoms with Crippen LogP contribution in [-0.2, 0) is 23.1 Å². The van der Waals surface area contributed by atoms with Crippen LogP contribution in [-0.4, -0.2) is 30.0 Å². The number of hydrogen-bond donors (Lipinski definition) is 3. The van der Waals surface area contributed by atoms with Crippen molar-refractivity contribution in [2.45, 2.75) is 24.3 Å². The summed E-state index contributed by atoms with van der Waals surface area (Å²) in [6.45, 7) is 0.0735. The molecule has 0 radical (unpaired) electrons. The molecule has 0 atom stereocenters. The van der Waals surface area contributed by atoms with E-state index < -0.39 is 10.0 Å². The van der Waals surface area contributed by atoms with Crippen LogP contribution in [0.2, 0.25) is 0 Å². The molecule has 2 heterocycles. The number of sulfonamides is 1. The van der Waals surface area contributed by atoms with Crippen LogP contribution in [0.1, 0.15) is 17.1 Å². The third-order valence-electron chi connectivity index (χ3n) is 2.57. The Labute approximate surface area is 115 Å². The van der Waals surface area contributed by atoms with Crippen molar-refractivity contribution >= 4 is 21.4 Å². The van der Waals surface area contributed by atoms with E-state index >= 15 is 0 Å². The quantitative estimate of drug-likeness (QED) is 0.661. The van der Waals surface area contributed by atoms with Gasteiger partial charge in [0.1, 0.15) is 5.82 Å². The molecule has 8 heteroatoms. The molecule has 104 valence electrons. The van der Waals surface area contributed by atoms with Gasteiger partial charge in [0.15, 0.2) is 0 Å². The molecule has 6 nitrogen and oxygen atoms in total. The number of thiophene rings is 1. The number of nitrogens with one attached hydrogen (secondary N) is 2. The number of aliphatic hydroxyl groups excluding tert-OH is 1. The Morgan fingerprint density at radius 2 is 2.32 bits per heavy atom. The van der Waals surface area contributed by atoms with E-state index in [1.807, 2.05) is 0 Å². The first kappa shape index (κ1) is 14.2. The van der Waals surface area contributed by atoms with Crippen molar-refractivity contribution in [2.24, 2.45) is 0 Å². The normalized spacial score (nSPS) is 11.8. The zero-order chi connectivity index (χ0) is 13.7. The maximum atomic E-state index is 12.0. The molecular weight excluding hydrogens is 286 g/mol. The Bertz CT molecular complexity index is 605. The lowest BCUT2D eigenvalue weighted by molar-refractivity contribution is 0.282. The van der Waals surface area contributed by atoms with Crippen LogP contribution in [0.15, 0.2) is 28.7 Å². The summed E-state index contributed by atoms with van der Waals surface area (Å²) in [5.41, 5.74) is 0. The maximum Gasteiger partial charge on any atom is 0.241 e. The Morgan fingerprint density at radius 1 is 1.47 bits per heavy atom. The van der Waals surface area contributed by atoms with Crippen molar-refractivity contribution in [1.82, 2.24) is 14.7 Å². The maximum absolute atomic E-state index is 12.0. The van der Waals surface area contributed by atoms with Gasteiger partial charge in [-0.2, -0.15) is 0 Å². The number of aromatic amines is 1. The highest BCUT2D eigenvalue weighted by molar-refractivity contribution is 7.89. The summed E-state index contributed by atoms with van der Waals surface area (Å²) in [6, 6.07) is 1.51. The van der Waals surface area contributed by atoms with Crippen molar-refractivity contribution in [3.05, 3.63) is 34.5 Å². The molecule has 0 aliphatic carbocycles. The Kier molecular flexibility index (Phi) is 4.70. The molecule has 2 aromatic rings. The van der Waals surface area contributed by atoms with Crippen LogP contribution in [0.25, 0.3) is 0 Å². The second-order valence-electron chi connectivity index (χ2n) is 3.90. The standard InChI is InChI=1S/C11H15N3O3S2/c15-8-9-10(3-7-18-9)19(16,17)14-4-1-2-11-12-5-6-13-11/h3,5-7,14-15H,1-2,4,8H2,(H,12,13). The zero-order valence-corrected chi connectivity index (χ0v) is 11.8. The third kappa shape index (κ3) is 3.63. The number of imidazole rings is 1. The molecule has 3 N–H and O–H groups in total. The van der Waals surface area contributed by atoms with Gasteiger partial charge in [-0.1, -0.05) is 0 Å². The Hall–Kier alpha value is -1.22. The van der Waals surface area contributed by atoms with Gasteiger partial charge < -0.3 is 10.1 Å². The molecule has 0 aromatic carbocycles. The van der Waals surface area contributed by atoms with E-state index in [4.69, 9.17) is 5.11 Å². The summed E-state index contributed by atoms with van der Waals surface area (Å²) in [7, 11) is -3.53. The van der Waals surface area contributed by atoms with Gasteiger partial charge in [0.25, 0.3) is 0 Å². The first-order valence-corrected chi connectivity index (χ1v) is 8.15. The minimum absolute atomic E-state index is 0.165. The van der Waals surface area contributed by atoms with Gasteiger partial charge in [-0.15, -0.1) is 11.3 Å². The summed E-state index contributed by atoms with van der Waals surface area (Å²) in [6.07, 6.45) is 4.74. The summed E-state index contributed by atoms with van der Waals surface area (Å²) in [5.74, 6) is 0.839. The number of H-pyrrole nitrogens is 1. The van der Waals surface area contributed by atoms with E-state index in [-0.39, 0.29) is 11.5 Å². The van der Waals surface area contributed by atoms with Crippen LogP contribution >= 0.6 is 11.3 Å². The second-order valence-corrected chi connectivity index (χ2v) is 6.64. The highest BCUT2D eigenvalue weighted by Crippen LogP contribution is 2.21. The molecule has 0 saturated heterocycles. The first-order valence-electron chi connectivity index (χ1n) is 5.78. The predicted octanol–water partition coefficient (Wildman–Crippen LogP) is 0.875. The number of nitrogens with zero attached hydrogens (tertiary/aromatic N) is 1. The summed E-state index contributed by atoms with van der Waals surface area (Å²) >= 11 is 1.23. The highest BCUT2D eigenvalue weighted by atomic mass is 32.2. The second kappa shape index (κ2) is 6.29. The van der Waals surface area contributed by atoms with Crippen molar-refractivity contribution < 1.29 is 13.5 Å². The van der Waals surface area contributed by atoms with Gasteiger partial charge in [0.2, 0.25) is 10.0 Å². The monoisotopic (exact) mass is 301 g/mol. The van der Waals surface area contributed by atoms with Crippen LogP contribution in [0.4, 0.5) is 0 Å². The van der Waals surface area contributed by atoms with Gasteiger partial charge >= 0.3 is 0 Å². The minimum atomic E-state index is -3.53. The van der Waals surface area contributed by atoms with Gasteiger partial charge in [0.05, 0.1) is 11.5 Å². The molecule has 0 saturated carbocycles. The molecule has 0 aliphatic heterocycles. The fraction of sp³-hybridized carbons (Fsp3) is 0.364. The fourth-order valence-electron chi connectivity index (χ4n) is 1.66. The molecule has 0 aliphatic rings. The SMILES string of the molecule is O=S(=O)(NCCCc1ncc[nH]1)c1ccsc1CO. The van der Waals surface area contributed by atoms with Crippen LogP contribution < -0.4 is 4.72 Å². The minimum Gasteiger partial charge on any atom is -0.391 e. The number of aromatic nitrogens is 2. The summed E-state index contributed by atoms with van der Waals surface area (Å²) in [4.78, 5) is 7.65. The molecule has 0 amide bonds. The Balaban J connectivity index is 1.88. The van der Waals surface area contributed by atoms with Crippen molar-refractivity contribution in [3.63, 3.8) is 0 Å². The van der Waals surface area contributed by atoms with Crippen molar-refractivity contribution in [3.8, 4) is 0 Å². The average molecular weight is 301 g/mol. The lowest BCUT2D eigenvalue weighted by atomic mass is 10.3. The van der Waals surface area contributed by atoms with Crippen molar-refractivity contribution in [2.75, 3.05) is 6.54 Å². The Morgan fingerprint density at radius 3 is 3.00 bits per heavy atom. The number of aryl methyl sites for hydroxylation is 1. The van der Waals surface area contributed by atoms with Crippen LogP contribution in [0.5, 0.6) is 0 Å². The van der Waals surface area contributed by atoms with Crippen molar-refractivity contribution in [1.29, 1.82) is 0 Å². The molecule has 0 spiro atoms. The van der Waals surface area contributed by atoms with Gasteiger partial charge in [-0.25, -0.2) is 18.1 Å². The third-order valence-corrected chi connectivity index (χ3v) is 5.16. The largest absolute Gasteiger partial charge is 0.391 e. The predicted molar refractivity (Wildman–Crippen MR) is 72.3 cm³/mol. The molecule has 0 unspecified atom stereocenters. The molecule has 0 bridgehead atoms. The lowest BCUT2D eigenvalue weighted by Gasteiger charge is -2.06. The van der Waals surface area contributed by atoms with Gasteiger partial charge in [-0.3, -0.25) is 0 Å². The zero-order valence-electron chi connectivity index (χ0n) is 10.2. The van der Waals surface area contributed by atoms with Gasteiger partial charge in [-0.05, 0) is 17.9 Å².